The summed E-state index contributed by atoms with van der Waals surface area (Å²) < 4.78 is 44.0. The van der Waals surface area contributed by atoms with Crippen molar-refractivity contribution in [1.29, 1.82) is 5.26 Å². The van der Waals surface area contributed by atoms with Gasteiger partial charge in [-0.1, -0.05) is 23.7 Å². The third-order valence-electron chi connectivity index (χ3n) is 2.92. The number of amides is 1. The van der Waals surface area contributed by atoms with Gasteiger partial charge in [0.2, 0.25) is 0 Å². The third-order valence-corrected chi connectivity index (χ3v) is 3.23. The number of carbonyl (C=O) groups is 1. The number of ether oxygens (including phenoxy) is 1. The van der Waals surface area contributed by atoms with Gasteiger partial charge in [-0.3, -0.25) is 4.79 Å². The summed E-state index contributed by atoms with van der Waals surface area (Å²) in [6.07, 6.45) is -4.66. The van der Waals surface area contributed by atoms with E-state index in [1.54, 1.807) is 12.1 Å². The molecule has 0 radical (unpaired) electrons. The smallest absolute Gasteiger partial charge is 0.418 e. The quantitative estimate of drug-likeness (QED) is 0.892. The molecule has 0 aliphatic rings. The molecule has 0 aliphatic carbocycles. The second-order valence-electron chi connectivity index (χ2n) is 4.64. The van der Waals surface area contributed by atoms with Crippen molar-refractivity contribution >= 4 is 23.2 Å². The number of halogens is 4. The van der Waals surface area contributed by atoms with E-state index in [0.29, 0.717) is 5.56 Å². The first-order chi connectivity index (χ1) is 11.3. The predicted molar refractivity (Wildman–Crippen MR) is 81.7 cm³/mol. The van der Waals surface area contributed by atoms with E-state index < -0.39 is 29.9 Å². The lowest BCUT2D eigenvalue weighted by molar-refractivity contribution is -0.137. The molecule has 0 atom stereocenters. The highest BCUT2D eigenvalue weighted by Crippen LogP contribution is 2.38. The lowest BCUT2D eigenvalue weighted by Gasteiger charge is -2.15. The van der Waals surface area contributed by atoms with Crippen LogP contribution in [0.2, 0.25) is 5.02 Å². The summed E-state index contributed by atoms with van der Waals surface area (Å²) in [4.78, 5) is 11.8. The Hall–Kier alpha value is -2.72. The molecular formula is C16H10ClF3N2O2. The van der Waals surface area contributed by atoms with E-state index in [1.165, 1.54) is 18.2 Å². The summed E-state index contributed by atoms with van der Waals surface area (Å²) >= 11 is 5.74. The van der Waals surface area contributed by atoms with Crippen LogP contribution in [0, 0.1) is 11.3 Å². The second kappa shape index (κ2) is 7.23. The molecule has 2 rings (SSSR count). The molecule has 0 fully saturated rings. The fraction of sp³-hybridized carbons (Fsp3) is 0.125. The van der Waals surface area contributed by atoms with Gasteiger partial charge in [0.05, 0.1) is 27.9 Å². The minimum atomic E-state index is -4.66. The van der Waals surface area contributed by atoms with Crippen molar-refractivity contribution in [3.63, 3.8) is 0 Å². The SMILES string of the molecule is N#Cc1cccc(OCC(=O)Nc2c(Cl)cccc2C(F)(F)F)c1. The fourth-order valence-electron chi connectivity index (χ4n) is 1.87. The molecule has 1 amide bonds. The number of alkyl halides is 3. The van der Waals surface area contributed by atoms with Crippen LogP contribution in [0.15, 0.2) is 42.5 Å². The monoisotopic (exact) mass is 354 g/mol. The molecule has 2 aromatic carbocycles. The Morgan fingerprint density at radius 3 is 2.62 bits per heavy atom. The maximum atomic E-state index is 12.9. The third kappa shape index (κ3) is 4.40. The first-order valence-electron chi connectivity index (χ1n) is 6.60. The lowest BCUT2D eigenvalue weighted by Crippen LogP contribution is -2.22. The summed E-state index contributed by atoms with van der Waals surface area (Å²) in [5, 5.41) is 10.6. The largest absolute Gasteiger partial charge is 0.484 e. The molecule has 1 N–H and O–H groups in total. The Balaban J connectivity index is 2.09. The van der Waals surface area contributed by atoms with Crippen molar-refractivity contribution < 1.29 is 22.7 Å². The maximum absolute atomic E-state index is 12.9. The molecule has 0 saturated heterocycles. The van der Waals surface area contributed by atoms with Crippen molar-refractivity contribution in [1.82, 2.24) is 0 Å². The van der Waals surface area contributed by atoms with Gasteiger partial charge in [-0.15, -0.1) is 0 Å². The van der Waals surface area contributed by atoms with E-state index in [2.05, 4.69) is 5.32 Å². The number of para-hydroxylation sites is 1. The summed E-state index contributed by atoms with van der Waals surface area (Å²) in [5.74, 6) is -0.560. The van der Waals surface area contributed by atoms with E-state index in [4.69, 9.17) is 21.6 Å². The Morgan fingerprint density at radius 2 is 1.96 bits per heavy atom. The number of rotatable bonds is 4. The Kier molecular flexibility index (Phi) is 5.31. The molecule has 0 aromatic heterocycles. The highest BCUT2D eigenvalue weighted by Gasteiger charge is 2.34. The predicted octanol–water partition coefficient (Wildman–Crippen LogP) is 4.25. The van der Waals surface area contributed by atoms with Crippen LogP contribution >= 0.6 is 11.6 Å². The number of nitrogens with zero attached hydrogens (tertiary/aromatic N) is 1. The van der Waals surface area contributed by atoms with Crippen LogP contribution in [0.3, 0.4) is 0 Å². The number of carbonyl (C=O) groups excluding carboxylic acids is 1. The van der Waals surface area contributed by atoms with E-state index in [0.717, 1.165) is 12.1 Å². The standard InChI is InChI=1S/C16H10ClF3N2O2/c17-13-6-2-5-12(16(18,19)20)15(13)22-14(23)9-24-11-4-1-3-10(7-11)8-21/h1-7H,9H2,(H,22,23). The number of nitrogens with one attached hydrogen (secondary N) is 1. The number of anilines is 1. The van der Waals surface area contributed by atoms with E-state index >= 15 is 0 Å². The number of benzene rings is 2. The minimum Gasteiger partial charge on any atom is -0.484 e. The van der Waals surface area contributed by atoms with Crippen LogP contribution in [0.1, 0.15) is 11.1 Å². The summed E-state index contributed by atoms with van der Waals surface area (Å²) in [5.41, 5.74) is -1.24. The van der Waals surface area contributed by atoms with E-state index in [9.17, 15) is 18.0 Å². The molecule has 0 bridgehead atoms. The van der Waals surface area contributed by atoms with Gasteiger partial charge >= 0.3 is 6.18 Å². The molecule has 0 aliphatic heterocycles. The second-order valence-corrected chi connectivity index (χ2v) is 5.04. The maximum Gasteiger partial charge on any atom is 0.418 e. The minimum absolute atomic E-state index is 0.232. The zero-order valence-corrected chi connectivity index (χ0v) is 12.8. The van der Waals surface area contributed by atoms with Crippen LogP contribution < -0.4 is 10.1 Å². The van der Waals surface area contributed by atoms with Crippen LogP contribution in [-0.4, -0.2) is 12.5 Å². The van der Waals surface area contributed by atoms with Gasteiger partial charge in [0.15, 0.2) is 6.61 Å². The van der Waals surface area contributed by atoms with E-state index in [1.807, 2.05) is 6.07 Å². The zero-order chi connectivity index (χ0) is 17.7. The van der Waals surface area contributed by atoms with Crippen LogP contribution in [0.5, 0.6) is 5.75 Å². The van der Waals surface area contributed by atoms with Crippen molar-refractivity contribution in [2.24, 2.45) is 0 Å². The lowest BCUT2D eigenvalue weighted by atomic mass is 10.1. The summed E-state index contributed by atoms with van der Waals surface area (Å²) in [7, 11) is 0. The molecule has 24 heavy (non-hydrogen) atoms. The Bertz CT molecular complexity index is 801. The molecule has 0 heterocycles. The summed E-state index contributed by atoms with van der Waals surface area (Å²) in [6, 6.07) is 11.1. The first kappa shape index (κ1) is 17.6. The molecule has 0 saturated carbocycles. The van der Waals surface area contributed by atoms with Gasteiger partial charge in [0, 0.05) is 0 Å². The highest BCUT2D eigenvalue weighted by molar-refractivity contribution is 6.34. The van der Waals surface area contributed by atoms with Crippen molar-refractivity contribution in [3.8, 4) is 11.8 Å². The number of hydrogen-bond acceptors (Lipinski definition) is 3. The van der Waals surface area contributed by atoms with Crippen LogP contribution in [-0.2, 0) is 11.0 Å². The summed E-state index contributed by atoms with van der Waals surface area (Å²) in [6.45, 7) is -0.530. The zero-order valence-electron chi connectivity index (χ0n) is 12.0. The first-order valence-corrected chi connectivity index (χ1v) is 6.97. The molecule has 8 heteroatoms. The van der Waals surface area contributed by atoms with Gasteiger partial charge in [-0.05, 0) is 30.3 Å². The average molecular weight is 355 g/mol. The van der Waals surface area contributed by atoms with Crippen molar-refractivity contribution in [2.75, 3.05) is 11.9 Å². The Morgan fingerprint density at radius 1 is 1.25 bits per heavy atom. The molecular weight excluding hydrogens is 345 g/mol. The fourth-order valence-corrected chi connectivity index (χ4v) is 2.09. The van der Waals surface area contributed by atoms with Gasteiger partial charge in [0.25, 0.3) is 5.91 Å². The normalized spacial score (nSPS) is 10.8. The van der Waals surface area contributed by atoms with Crippen LogP contribution in [0.4, 0.5) is 18.9 Å². The molecule has 4 nitrogen and oxygen atoms in total. The Labute approximate surface area is 140 Å². The number of hydrogen-bond donors (Lipinski definition) is 1. The molecule has 2 aromatic rings. The van der Waals surface area contributed by atoms with Crippen molar-refractivity contribution in [3.05, 3.63) is 58.6 Å². The van der Waals surface area contributed by atoms with Gasteiger partial charge in [-0.25, -0.2) is 0 Å². The van der Waals surface area contributed by atoms with Crippen LogP contribution in [0.25, 0.3) is 0 Å². The van der Waals surface area contributed by atoms with Gasteiger partial charge < -0.3 is 10.1 Å². The van der Waals surface area contributed by atoms with E-state index in [-0.39, 0.29) is 10.8 Å². The van der Waals surface area contributed by atoms with Gasteiger partial charge in [-0.2, -0.15) is 18.4 Å². The molecule has 0 spiro atoms. The molecule has 124 valence electrons. The van der Waals surface area contributed by atoms with Gasteiger partial charge in [0.1, 0.15) is 5.75 Å². The average Bonchev–Trinajstić information content (AvgIpc) is 2.54. The topological polar surface area (TPSA) is 62.1 Å². The number of nitriles is 1. The highest BCUT2D eigenvalue weighted by atomic mass is 35.5. The molecule has 0 unspecified atom stereocenters. The van der Waals surface area contributed by atoms with Crippen molar-refractivity contribution in [2.45, 2.75) is 6.18 Å².